The van der Waals surface area contributed by atoms with Gasteiger partial charge < -0.3 is 9.47 Å². The smallest absolute Gasteiger partial charge is 0.236 e. The summed E-state index contributed by atoms with van der Waals surface area (Å²) in [5, 5.41) is 8.71. The molecule has 2 aromatic heterocycles. The molecule has 5 aromatic rings. The van der Waals surface area contributed by atoms with E-state index >= 15 is 0 Å². The number of nitrogens with zero attached hydrogens (tertiary/aromatic N) is 5. The molecule has 0 unspecified atom stereocenters. The predicted molar refractivity (Wildman–Crippen MR) is 142 cm³/mol. The fourth-order valence-electron chi connectivity index (χ4n) is 5.57. The Morgan fingerprint density at radius 3 is 1.97 bits per heavy atom. The summed E-state index contributed by atoms with van der Waals surface area (Å²) in [6.45, 7) is 5.80. The van der Waals surface area contributed by atoms with Gasteiger partial charge in [0.2, 0.25) is 5.78 Å². The van der Waals surface area contributed by atoms with Crippen LogP contribution in [0.5, 0.6) is 0 Å². The minimum Gasteiger partial charge on any atom is -0.308 e. The van der Waals surface area contributed by atoms with E-state index in [2.05, 4.69) is 48.3 Å². The molecule has 3 heterocycles. The molecule has 0 atom stereocenters. The fraction of sp³-hybridized carbons (Fsp3) is 0.267. The second-order valence-corrected chi connectivity index (χ2v) is 9.71. The minimum atomic E-state index is -0.254. The molecule has 3 aromatic carbocycles. The molecule has 0 N–H and O–H groups in total. The van der Waals surface area contributed by atoms with Gasteiger partial charge in [-0.3, -0.25) is 4.40 Å². The molecule has 1 aliphatic heterocycles. The fourth-order valence-corrected chi connectivity index (χ4v) is 5.57. The van der Waals surface area contributed by atoms with Crippen molar-refractivity contribution in [3.63, 3.8) is 0 Å². The summed E-state index contributed by atoms with van der Waals surface area (Å²) in [6.07, 6.45) is 2.89. The Hall–Kier alpha value is -3.84. The molecular formula is C30H29F2N5. The second-order valence-electron chi connectivity index (χ2n) is 9.71. The first-order valence-corrected chi connectivity index (χ1v) is 12.8. The van der Waals surface area contributed by atoms with Crippen molar-refractivity contribution in [1.82, 2.24) is 24.1 Å². The van der Waals surface area contributed by atoms with Gasteiger partial charge in [0.25, 0.3) is 0 Å². The number of aromatic nitrogens is 4. The highest BCUT2D eigenvalue weighted by molar-refractivity contribution is 5.82. The van der Waals surface area contributed by atoms with E-state index in [0.717, 1.165) is 79.3 Å². The number of benzene rings is 3. The minimum absolute atomic E-state index is 0.254. The number of imidazole rings is 1. The topological polar surface area (TPSA) is 38.4 Å². The molecule has 1 fully saturated rings. The van der Waals surface area contributed by atoms with Gasteiger partial charge in [0.15, 0.2) is 0 Å². The van der Waals surface area contributed by atoms with Crippen LogP contribution in [0.4, 0.5) is 8.78 Å². The van der Waals surface area contributed by atoms with Crippen molar-refractivity contribution in [2.45, 2.75) is 32.7 Å². The third kappa shape index (κ3) is 4.55. The first-order valence-electron chi connectivity index (χ1n) is 12.8. The first kappa shape index (κ1) is 23.6. The lowest BCUT2D eigenvalue weighted by Crippen LogP contribution is -2.32. The first-order chi connectivity index (χ1) is 18.1. The number of rotatable bonds is 6. The lowest BCUT2D eigenvalue weighted by molar-refractivity contribution is 0.250. The van der Waals surface area contributed by atoms with Crippen LogP contribution >= 0.6 is 0 Å². The van der Waals surface area contributed by atoms with Gasteiger partial charge in [-0.1, -0.05) is 42.0 Å². The van der Waals surface area contributed by atoms with Crippen LogP contribution in [0, 0.1) is 18.6 Å². The number of fused-ring (bicyclic) bond motifs is 3. The van der Waals surface area contributed by atoms with Crippen molar-refractivity contribution >= 4 is 22.4 Å². The van der Waals surface area contributed by atoms with Crippen molar-refractivity contribution in [2.75, 3.05) is 19.6 Å². The predicted octanol–water partition coefficient (Wildman–Crippen LogP) is 6.26. The Morgan fingerprint density at radius 1 is 0.757 bits per heavy atom. The Morgan fingerprint density at radius 2 is 1.35 bits per heavy atom. The maximum absolute atomic E-state index is 13.6. The van der Waals surface area contributed by atoms with Crippen LogP contribution in [0.3, 0.4) is 0 Å². The second kappa shape index (κ2) is 9.90. The number of hydrogen-bond donors (Lipinski definition) is 0. The Labute approximate surface area is 214 Å². The number of para-hydroxylation sites is 2. The SMILES string of the molecule is Cc1nnc2n(CCCN3CCC(=C(c4ccc(F)cc4)c4ccc(F)cc4)CC3)c3ccccc3n12. The van der Waals surface area contributed by atoms with E-state index in [4.69, 9.17) is 0 Å². The van der Waals surface area contributed by atoms with E-state index in [1.54, 1.807) is 0 Å². The maximum atomic E-state index is 13.6. The normalized spacial score (nSPS) is 14.6. The van der Waals surface area contributed by atoms with Gasteiger partial charge in [0.1, 0.15) is 17.5 Å². The molecular weight excluding hydrogens is 468 g/mol. The van der Waals surface area contributed by atoms with Crippen molar-refractivity contribution in [3.8, 4) is 0 Å². The monoisotopic (exact) mass is 497 g/mol. The summed E-state index contributed by atoms with van der Waals surface area (Å²) in [5.74, 6) is 1.29. The van der Waals surface area contributed by atoms with E-state index < -0.39 is 0 Å². The average Bonchev–Trinajstić information content (AvgIpc) is 3.45. The molecule has 7 heteroatoms. The molecule has 1 saturated heterocycles. The van der Waals surface area contributed by atoms with Crippen LogP contribution in [0.1, 0.15) is 36.2 Å². The van der Waals surface area contributed by atoms with E-state index in [9.17, 15) is 8.78 Å². The van der Waals surface area contributed by atoms with Crippen LogP contribution in [-0.4, -0.2) is 43.7 Å². The van der Waals surface area contributed by atoms with E-state index in [1.165, 1.54) is 35.4 Å². The van der Waals surface area contributed by atoms with Gasteiger partial charge in [-0.25, -0.2) is 8.78 Å². The largest absolute Gasteiger partial charge is 0.308 e. The van der Waals surface area contributed by atoms with Crippen LogP contribution < -0.4 is 0 Å². The van der Waals surface area contributed by atoms with Gasteiger partial charge in [-0.2, -0.15) is 0 Å². The Kier molecular flexibility index (Phi) is 6.30. The quantitative estimate of drug-likeness (QED) is 0.278. The van der Waals surface area contributed by atoms with E-state index in [-0.39, 0.29) is 11.6 Å². The zero-order valence-electron chi connectivity index (χ0n) is 20.9. The maximum Gasteiger partial charge on any atom is 0.236 e. The highest BCUT2D eigenvalue weighted by atomic mass is 19.1. The molecule has 0 bridgehead atoms. The zero-order valence-corrected chi connectivity index (χ0v) is 20.9. The molecule has 0 amide bonds. The van der Waals surface area contributed by atoms with Crippen LogP contribution in [0.2, 0.25) is 0 Å². The van der Waals surface area contributed by atoms with Crippen LogP contribution in [-0.2, 0) is 6.54 Å². The van der Waals surface area contributed by atoms with E-state index in [1.807, 2.05) is 31.2 Å². The molecule has 6 rings (SSSR count). The summed E-state index contributed by atoms with van der Waals surface area (Å²) in [6, 6.07) is 21.6. The van der Waals surface area contributed by atoms with Gasteiger partial charge >= 0.3 is 0 Å². The van der Waals surface area contributed by atoms with Crippen molar-refractivity contribution in [3.05, 3.63) is 107 Å². The van der Waals surface area contributed by atoms with Gasteiger partial charge in [-0.05, 0) is 85.8 Å². The number of hydrogen-bond acceptors (Lipinski definition) is 3. The van der Waals surface area contributed by atoms with Crippen LogP contribution in [0.15, 0.2) is 78.4 Å². The van der Waals surface area contributed by atoms with Crippen molar-refractivity contribution in [1.29, 1.82) is 0 Å². The summed E-state index contributed by atoms with van der Waals surface area (Å²) in [7, 11) is 0. The van der Waals surface area contributed by atoms with Gasteiger partial charge in [0, 0.05) is 19.6 Å². The third-order valence-electron chi connectivity index (χ3n) is 7.40. The number of halogens is 2. The van der Waals surface area contributed by atoms with Gasteiger partial charge in [-0.15, -0.1) is 10.2 Å². The number of likely N-dealkylation sites (tertiary alicyclic amines) is 1. The highest BCUT2D eigenvalue weighted by Gasteiger charge is 2.20. The summed E-state index contributed by atoms with van der Waals surface area (Å²) in [4.78, 5) is 2.51. The third-order valence-corrected chi connectivity index (χ3v) is 7.40. The zero-order chi connectivity index (χ0) is 25.4. The van der Waals surface area contributed by atoms with Crippen molar-refractivity contribution in [2.24, 2.45) is 0 Å². The average molecular weight is 498 g/mol. The highest BCUT2D eigenvalue weighted by Crippen LogP contribution is 2.33. The number of piperidine rings is 1. The molecule has 188 valence electrons. The Bertz CT molecular complexity index is 1520. The number of aryl methyl sites for hydroxylation is 2. The molecule has 1 aliphatic rings. The van der Waals surface area contributed by atoms with Gasteiger partial charge in [0.05, 0.1) is 11.0 Å². The summed E-state index contributed by atoms with van der Waals surface area (Å²) in [5.41, 5.74) is 6.71. The van der Waals surface area contributed by atoms with Crippen molar-refractivity contribution < 1.29 is 8.78 Å². The lowest BCUT2D eigenvalue weighted by Gasteiger charge is -2.30. The molecule has 0 saturated carbocycles. The molecule has 37 heavy (non-hydrogen) atoms. The summed E-state index contributed by atoms with van der Waals surface area (Å²) < 4.78 is 31.6. The Balaban J connectivity index is 1.17. The molecule has 5 nitrogen and oxygen atoms in total. The summed E-state index contributed by atoms with van der Waals surface area (Å²) >= 11 is 0. The van der Waals surface area contributed by atoms with E-state index in [0.29, 0.717) is 0 Å². The van der Waals surface area contributed by atoms with Crippen LogP contribution in [0.25, 0.3) is 22.4 Å². The molecule has 0 aliphatic carbocycles. The standard InChI is InChI=1S/C30H29F2N5/c1-21-33-34-30-36(27-5-2-3-6-28(27)37(21)30)18-4-17-35-19-15-24(16-20-35)29(22-7-11-25(31)12-8-22)23-9-13-26(32)14-10-23/h2-3,5-14H,4,15-20H2,1H3. The molecule has 0 radical (unpaired) electrons. The lowest BCUT2D eigenvalue weighted by atomic mass is 9.88. The molecule has 0 spiro atoms.